The van der Waals surface area contributed by atoms with Crippen molar-refractivity contribution in [1.29, 1.82) is 0 Å². The van der Waals surface area contributed by atoms with Crippen LogP contribution in [0.5, 0.6) is 0 Å². The van der Waals surface area contributed by atoms with E-state index in [1.165, 1.54) is 25.7 Å². The van der Waals surface area contributed by atoms with Crippen molar-refractivity contribution in [3.63, 3.8) is 0 Å². The summed E-state index contributed by atoms with van der Waals surface area (Å²) >= 11 is 0.750. The van der Waals surface area contributed by atoms with E-state index < -0.39 is 0 Å². The quantitative estimate of drug-likeness (QED) is 0.603. The van der Waals surface area contributed by atoms with Crippen LogP contribution in [0.2, 0.25) is 0 Å². The molecular weight excluding hydrogens is 160 g/mol. The van der Waals surface area contributed by atoms with Crippen LogP contribution in [-0.2, 0) is 23.7 Å². The van der Waals surface area contributed by atoms with Gasteiger partial charge in [-0.25, -0.2) is 0 Å². The molecule has 1 unspecified atom stereocenters. The molecule has 0 N–H and O–H groups in total. The van der Waals surface area contributed by atoms with Gasteiger partial charge in [0.15, 0.2) is 0 Å². The summed E-state index contributed by atoms with van der Waals surface area (Å²) in [6, 6.07) is 0. The van der Waals surface area contributed by atoms with E-state index in [1.54, 1.807) is 0 Å². The van der Waals surface area contributed by atoms with Gasteiger partial charge in [0, 0.05) is 0 Å². The minimum absolute atomic E-state index is 0.704. The maximum absolute atomic E-state index is 8.25. The van der Waals surface area contributed by atoms with Gasteiger partial charge < -0.3 is 0 Å². The normalized spacial score (nSPS) is 11.4. The van der Waals surface area contributed by atoms with Crippen LogP contribution in [0.3, 0.4) is 0 Å². The first kappa shape index (κ1) is 13.1. The van der Waals surface area contributed by atoms with Gasteiger partial charge in [0.05, 0.1) is 0 Å². The van der Waals surface area contributed by atoms with Crippen LogP contribution in [0.25, 0.3) is 0 Å². The van der Waals surface area contributed by atoms with Gasteiger partial charge in [0.2, 0.25) is 0 Å². The number of unbranched alkanes of at least 4 members (excludes halogenated alkanes) is 1. The van der Waals surface area contributed by atoms with Crippen molar-refractivity contribution in [3.05, 3.63) is 6.92 Å². The molecule has 0 fully saturated rings. The third-order valence-electron chi connectivity index (χ3n) is 1.54. The van der Waals surface area contributed by atoms with Gasteiger partial charge in [0.1, 0.15) is 0 Å². The maximum atomic E-state index is 8.25. The molecule has 1 atom stereocenters. The van der Waals surface area contributed by atoms with E-state index in [9.17, 15) is 0 Å². The van der Waals surface area contributed by atoms with Crippen molar-refractivity contribution < 1.29 is 23.7 Å². The first-order valence-corrected chi connectivity index (χ1v) is 4.48. The van der Waals surface area contributed by atoms with Crippen molar-refractivity contribution in [1.82, 2.24) is 0 Å². The molecule has 10 heavy (non-hydrogen) atoms. The minimum atomic E-state index is 0.704. The standard InChI is InChI=1S/C8H17.O.Ti/c1-4-6-7-8(3)5-2;;/h8H,3-7H2,1-2H3;;. The zero-order valence-electron chi connectivity index (χ0n) is 7.02. The van der Waals surface area contributed by atoms with Crippen molar-refractivity contribution in [2.75, 3.05) is 0 Å². The molecule has 0 amide bonds. The predicted molar refractivity (Wildman–Crippen MR) is 39.3 cm³/mol. The summed E-state index contributed by atoms with van der Waals surface area (Å²) < 4.78 is 8.25. The number of rotatable bonds is 4. The third-order valence-corrected chi connectivity index (χ3v) is 1.54. The molecule has 0 saturated carbocycles. The van der Waals surface area contributed by atoms with Gasteiger partial charge in [-0.1, -0.05) is 46.5 Å². The monoisotopic (exact) mass is 177 g/mol. The molecule has 0 aromatic carbocycles. The summed E-state index contributed by atoms with van der Waals surface area (Å²) in [5.74, 6) is 0.704. The number of hydrogen-bond donors (Lipinski definition) is 0. The molecule has 1 nitrogen and oxygen atoms in total. The van der Waals surface area contributed by atoms with Crippen LogP contribution < -0.4 is 0 Å². The molecule has 1 radical (unpaired) electrons. The van der Waals surface area contributed by atoms with E-state index in [2.05, 4.69) is 20.8 Å². The zero-order valence-corrected chi connectivity index (χ0v) is 8.58. The van der Waals surface area contributed by atoms with E-state index in [4.69, 9.17) is 3.32 Å². The van der Waals surface area contributed by atoms with E-state index >= 15 is 0 Å². The van der Waals surface area contributed by atoms with Crippen molar-refractivity contribution in [2.45, 2.75) is 39.5 Å². The summed E-state index contributed by atoms with van der Waals surface area (Å²) in [6.45, 7) is 8.42. The second-order valence-electron chi connectivity index (χ2n) is 2.42. The SMILES string of the molecule is [CH2]C(CC)CCCC.[O]=[Ti]. The van der Waals surface area contributed by atoms with Crippen LogP contribution in [0.1, 0.15) is 39.5 Å². The molecule has 0 aromatic rings. The topological polar surface area (TPSA) is 17.1 Å². The Labute approximate surface area is 76.3 Å². The summed E-state index contributed by atoms with van der Waals surface area (Å²) in [5.41, 5.74) is 0. The molecule has 0 aromatic heterocycles. The average Bonchev–Trinajstić information content (AvgIpc) is 2.04. The van der Waals surface area contributed by atoms with E-state index in [0.717, 1.165) is 20.4 Å². The second-order valence-corrected chi connectivity index (χ2v) is 2.42. The van der Waals surface area contributed by atoms with Crippen molar-refractivity contribution >= 4 is 0 Å². The number of hydrogen-bond acceptors (Lipinski definition) is 1. The molecule has 0 aliphatic heterocycles. The van der Waals surface area contributed by atoms with Gasteiger partial charge in [-0.3, -0.25) is 0 Å². The van der Waals surface area contributed by atoms with Crippen LogP contribution in [-0.4, -0.2) is 0 Å². The molecule has 0 heterocycles. The van der Waals surface area contributed by atoms with E-state index in [0.29, 0.717) is 5.92 Å². The molecule has 0 aliphatic carbocycles. The van der Waals surface area contributed by atoms with Crippen molar-refractivity contribution in [3.8, 4) is 0 Å². The summed E-state index contributed by atoms with van der Waals surface area (Å²) in [4.78, 5) is 0. The summed E-state index contributed by atoms with van der Waals surface area (Å²) in [5, 5.41) is 0. The zero-order chi connectivity index (χ0) is 8.41. The van der Waals surface area contributed by atoms with Crippen LogP contribution in [0.4, 0.5) is 0 Å². The van der Waals surface area contributed by atoms with Crippen molar-refractivity contribution in [2.24, 2.45) is 5.92 Å². The molecule has 0 aliphatic rings. The third kappa shape index (κ3) is 11.3. The Balaban J connectivity index is 0. The van der Waals surface area contributed by atoms with Gasteiger partial charge in [-0.05, 0) is 5.92 Å². The summed E-state index contributed by atoms with van der Waals surface area (Å²) in [6.07, 6.45) is 5.21. The predicted octanol–water partition coefficient (Wildman–Crippen LogP) is 2.92. The van der Waals surface area contributed by atoms with Crippen LogP contribution in [0, 0.1) is 12.8 Å². The first-order valence-electron chi connectivity index (χ1n) is 3.84. The molecule has 0 bridgehead atoms. The Bertz CT molecular complexity index is 57.2. The van der Waals surface area contributed by atoms with Gasteiger partial charge in [-0.2, -0.15) is 0 Å². The molecular formula is C8H17OTi. The van der Waals surface area contributed by atoms with Gasteiger partial charge in [0.25, 0.3) is 0 Å². The van der Waals surface area contributed by atoms with Crippen LogP contribution >= 0.6 is 0 Å². The van der Waals surface area contributed by atoms with E-state index in [1.807, 2.05) is 0 Å². The second kappa shape index (κ2) is 12.2. The van der Waals surface area contributed by atoms with Crippen LogP contribution in [0.15, 0.2) is 0 Å². The molecule has 0 rings (SSSR count). The van der Waals surface area contributed by atoms with Gasteiger partial charge >= 0.3 is 23.7 Å². The summed E-state index contributed by atoms with van der Waals surface area (Å²) in [7, 11) is 0. The Hall–Kier alpha value is 0.514. The Morgan fingerprint density at radius 2 is 1.90 bits per heavy atom. The Morgan fingerprint density at radius 3 is 2.20 bits per heavy atom. The van der Waals surface area contributed by atoms with Gasteiger partial charge in [-0.15, -0.1) is 0 Å². The average molecular weight is 177 g/mol. The molecule has 0 saturated heterocycles. The first-order chi connectivity index (χ1) is 4.81. The fourth-order valence-electron chi connectivity index (χ4n) is 0.697. The van der Waals surface area contributed by atoms with E-state index in [-0.39, 0.29) is 0 Å². The fourth-order valence-corrected chi connectivity index (χ4v) is 0.697. The molecule has 59 valence electrons. The fraction of sp³-hybridized carbons (Fsp3) is 0.875. The molecule has 0 spiro atoms. The Kier molecular flexibility index (Phi) is 16.0. The molecule has 2 heteroatoms. The Morgan fingerprint density at radius 1 is 1.40 bits per heavy atom.